The molecule has 2 aromatic carbocycles. The molecule has 2 rings (SSSR count). The van der Waals surface area contributed by atoms with E-state index in [1.807, 2.05) is 30.3 Å². The van der Waals surface area contributed by atoms with Crippen molar-refractivity contribution in [3.8, 4) is 5.75 Å². The second-order valence-corrected chi connectivity index (χ2v) is 3.42. The predicted octanol–water partition coefficient (Wildman–Crippen LogP) is 1.10. The Bertz CT molecular complexity index is 524. The van der Waals surface area contributed by atoms with E-state index in [4.69, 9.17) is 0 Å². The SMILES string of the molecule is O=[SH](=O)Oc1cccc2ccccc12.[NaH]. The van der Waals surface area contributed by atoms with Gasteiger partial charge in [0.15, 0.2) is 0 Å². The summed E-state index contributed by atoms with van der Waals surface area (Å²) < 4.78 is 25.5. The molecule has 0 saturated carbocycles. The molecule has 2 aromatic rings. The van der Waals surface area contributed by atoms with Gasteiger partial charge in [0, 0.05) is 5.39 Å². The van der Waals surface area contributed by atoms with Gasteiger partial charge in [0.1, 0.15) is 5.75 Å². The first kappa shape index (κ1) is 12.5. The van der Waals surface area contributed by atoms with E-state index in [0.717, 1.165) is 10.8 Å². The second kappa shape index (κ2) is 5.51. The number of hydrogen-bond donors (Lipinski definition) is 1. The predicted molar refractivity (Wildman–Crippen MR) is 62.0 cm³/mol. The Balaban J connectivity index is 0.00000112. The van der Waals surface area contributed by atoms with Crippen molar-refractivity contribution in [2.24, 2.45) is 0 Å². The molecule has 0 spiro atoms. The molecule has 15 heavy (non-hydrogen) atoms. The zero-order valence-corrected chi connectivity index (χ0v) is 8.11. The Hall–Kier alpha value is -0.550. The molecule has 0 aliphatic carbocycles. The van der Waals surface area contributed by atoms with E-state index in [1.54, 1.807) is 12.1 Å². The molecule has 0 N–H and O–H groups in total. The minimum atomic E-state index is -2.85. The third-order valence-electron chi connectivity index (χ3n) is 1.92. The molecular formula is C10H9NaO3S. The summed E-state index contributed by atoms with van der Waals surface area (Å²) in [5.74, 6) is 0.374. The van der Waals surface area contributed by atoms with Crippen LogP contribution in [0.5, 0.6) is 5.75 Å². The van der Waals surface area contributed by atoms with Crippen molar-refractivity contribution in [2.45, 2.75) is 0 Å². The van der Waals surface area contributed by atoms with Gasteiger partial charge >= 0.3 is 29.6 Å². The third kappa shape index (κ3) is 2.95. The van der Waals surface area contributed by atoms with Crippen molar-refractivity contribution in [1.29, 1.82) is 0 Å². The monoisotopic (exact) mass is 232 g/mol. The van der Waals surface area contributed by atoms with Gasteiger partial charge in [0.05, 0.1) is 0 Å². The van der Waals surface area contributed by atoms with Gasteiger partial charge in [-0.15, -0.1) is 0 Å². The molecule has 0 aliphatic heterocycles. The maximum atomic E-state index is 10.4. The van der Waals surface area contributed by atoms with Crippen molar-refractivity contribution in [1.82, 2.24) is 0 Å². The van der Waals surface area contributed by atoms with Crippen LogP contribution in [0.25, 0.3) is 10.8 Å². The van der Waals surface area contributed by atoms with Crippen LogP contribution in [0.15, 0.2) is 42.5 Å². The molecule has 0 amide bonds. The fourth-order valence-electron chi connectivity index (χ4n) is 1.36. The summed E-state index contributed by atoms with van der Waals surface area (Å²) >= 11 is 0. The van der Waals surface area contributed by atoms with E-state index in [-0.39, 0.29) is 29.6 Å². The van der Waals surface area contributed by atoms with Gasteiger partial charge in [-0.25, -0.2) is 0 Å². The van der Waals surface area contributed by atoms with Crippen LogP contribution < -0.4 is 4.18 Å². The van der Waals surface area contributed by atoms with Gasteiger partial charge in [0.2, 0.25) is 0 Å². The van der Waals surface area contributed by atoms with Crippen molar-refractivity contribution < 1.29 is 12.6 Å². The van der Waals surface area contributed by atoms with Crippen molar-refractivity contribution >= 4 is 51.3 Å². The zero-order chi connectivity index (χ0) is 9.97. The summed E-state index contributed by atoms with van der Waals surface area (Å²) in [7, 11) is -2.85. The van der Waals surface area contributed by atoms with Crippen molar-refractivity contribution in [3.63, 3.8) is 0 Å². The van der Waals surface area contributed by atoms with E-state index in [0.29, 0.717) is 5.75 Å². The fourth-order valence-corrected chi connectivity index (χ4v) is 1.68. The molecule has 3 nitrogen and oxygen atoms in total. The first-order valence-corrected chi connectivity index (χ1v) is 5.17. The van der Waals surface area contributed by atoms with Gasteiger partial charge in [-0.1, -0.05) is 36.4 Å². The van der Waals surface area contributed by atoms with Crippen LogP contribution in [-0.4, -0.2) is 38.0 Å². The van der Waals surface area contributed by atoms with Crippen LogP contribution in [0.2, 0.25) is 0 Å². The Morgan fingerprint density at radius 2 is 1.60 bits per heavy atom. The van der Waals surface area contributed by atoms with Crippen LogP contribution in [0.1, 0.15) is 0 Å². The quantitative estimate of drug-likeness (QED) is 0.622. The van der Waals surface area contributed by atoms with E-state index >= 15 is 0 Å². The van der Waals surface area contributed by atoms with Crippen LogP contribution in [-0.2, 0) is 11.0 Å². The number of hydrogen-bond acceptors (Lipinski definition) is 3. The van der Waals surface area contributed by atoms with Gasteiger partial charge in [0.25, 0.3) is 11.0 Å². The average Bonchev–Trinajstić information content (AvgIpc) is 2.18. The van der Waals surface area contributed by atoms with Gasteiger partial charge in [-0.3, -0.25) is 0 Å². The van der Waals surface area contributed by atoms with Gasteiger partial charge in [-0.05, 0) is 11.5 Å². The standard InChI is InChI=1S/C10H8O3S.Na.H/c11-14(12)13-10-7-3-5-8-4-1-2-6-9(8)10;;/h1-7,14H;;. The van der Waals surface area contributed by atoms with E-state index in [1.165, 1.54) is 0 Å². The first-order valence-electron chi connectivity index (χ1n) is 4.07. The second-order valence-electron chi connectivity index (χ2n) is 2.79. The molecular weight excluding hydrogens is 223 g/mol. The molecule has 0 bridgehead atoms. The van der Waals surface area contributed by atoms with E-state index in [9.17, 15) is 8.42 Å². The summed E-state index contributed by atoms with van der Waals surface area (Å²) in [5.41, 5.74) is 0. The molecule has 0 heterocycles. The average molecular weight is 232 g/mol. The zero-order valence-electron chi connectivity index (χ0n) is 7.21. The normalized spacial score (nSPS) is 9.93. The van der Waals surface area contributed by atoms with Crippen molar-refractivity contribution in [2.75, 3.05) is 0 Å². The van der Waals surface area contributed by atoms with Crippen LogP contribution in [0, 0.1) is 0 Å². The number of thiol groups is 1. The molecule has 0 atom stereocenters. The molecule has 0 aliphatic rings. The Kier molecular flexibility index (Phi) is 4.60. The molecule has 74 valence electrons. The van der Waals surface area contributed by atoms with Crippen LogP contribution >= 0.6 is 0 Å². The molecule has 0 radical (unpaired) electrons. The van der Waals surface area contributed by atoms with Crippen LogP contribution in [0.3, 0.4) is 0 Å². The summed E-state index contributed by atoms with van der Waals surface area (Å²) in [4.78, 5) is 0. The molecule has 0 unspecified atom stereocenters. The Labute approximate surface area is 112 Å². The Morgan fingerprint density at radius 3 is 2.33 bits per heavy atom. The van der Waals surface area contributed by atoms with Gasteiger partial charge in [-0.2, -0.15) is 8.42 Å². The third-order valence-corrected chi connectivity index (χ3v) is 2.27. The first-order chi connectivity index (χ1) is 6.77. The minimum absolute atomic E-state index is 0. The fraction of sp³-hybridized carbons (Fsp3) is 0. The molecule has 0 saturated heterocycles. The number of fused-ring (bicyclic) bond motifs is 1. The molecule has 0 aromatic heterocycles. The van der Waals surface area contributed by atoms with E-state index < -0.39 is 11.0 Å². The molecule has 0 fully saturated rings. The summed E-state index contributed by atoms with van der Waals surface area (Å²) in [5, 5.41) is 1.76. The topological polar surface area (TPSA) is 43.4 Å². The maximum absolute atomic E-state index is 10.4. The van der Waals surface area contributed by atoms with E-state index in [2.05, 4.69) is 4.18 Å². The summed E-state index contributed by atoms with van der Waals surface area (Å²) in [6.45, 7) is 0. The van der Waals surface area contributed by atoms with Crippen LogP contribution in [0.4, 0.5) is 0 Å². The van der Waals surface area contributed by atoms with Gasteiger partial charge < -0.3 is 4.18 Å². The summed E-state index contributed by atoms with van der Waals surface area (Å²) in [6, 6.07) is 12.8. The summed E-state index contributed by atoms with van der Waals surface area (Å²) in [6.07, 6.45) is 0. The number of benzene rings is 2. The Morgan fingerprint density at radius 1 is 0.933 bits per heavy atom. The number of rotatable bonds is 2. The molecule has 5 heteroatoms. The van der Waals surface area contributed by atoms with Crippen molar-refractivity contribution in [3.05, 3.63) is 42.5 Å².